The van der Waals surface area contributed by atoms with Crippen molar-refractivity contribution in [3.63, 3.8) is 0 Å². The first-order valence-electron chi connectivity index (χ1n) is 15.7. The molecular weight excluding hydrogens is 687 g/mol. The molecule has 3 aromatic rings. The summed E-state index contributed by atoms with van der Waals surface area (Å²) in [6.07, 6.45) is 1.07. The molecule has 252 valence electrons. The molecule has 2 fully saturated rings. The number of imidazole rings is 1. The molecule has 0 bridgehead atoms. The van der Waals surface area contributed by atoms with Gasteiger partial charge in [-0.05, 0) is 45.9 Å². The van der Waals surface area contributed by atoms with Gasteiger partial charge >= 0.3 is 17.1 Å². The van der Waals surface area contributed by atoms with Crippen LogP contribution >= 0.6 is 34.8 Å². The number of rotatable bonds is 10. The van der Waals surface area contributed by atoms with Crippen LogP contribution in [0, 0.1) is 0 Å². The molecule has 1 aromatic carbocycles. The van der Waals surface area contributed by atoms with E-state index in [1.54, 1.807) is 35.2 Å². The Balaban J connectivity index is 1.61. The maximum absolute atomic E-state index is 7.38. The van der Waals surface area contributed by atoms with Gasteiger partial charge in [-0.1, -0.05) is 90.7 Å². The molecule has 0 unspecified atom stereocenters. The summed E-state index contributed by atoms with van der Waals surface area (Å²) in [6.45, 7) is 21.9. The highest BCUT2D eigenvalue weighted by Crippen LogP contribution is 2.49. The lowest BCUT2D eigenvalue weighted by Crippen LogP contribution is -2.66. The van der Waals surface area contributed by atoms with Crippen molar-refractivity contribution in [2.24, 2.45) is 0 Å². The van der Waals surface area contributed by atoms with Crippen molar-refractivity contribution in [3.8, 4) is 11.6 Å². The lowest BCUT2D eigenvalue weighted by molar-refractivity contribution is -0.0642. The molecule has 4 heterocycles. The Labute approximate surface area is 288 Å². The fraction of sp³-hybridized carbons (Fsp3) is 0.581. The number of nitrogens with zero attached hydrogens (tertiary/aromatic N) is 4. The maximum atomic E-state index is 7.38. The van der Waals surface area contributed by atoms with Gasteiger partial charge in [0.05, 0.1) is 29.6 Å². The van der Waals surface area contributed by atoms with Crippen molar-refractivity contribution in [2.75, 3.05) is 13.2 Å². The molecule has 0 spiro atoms. The van der Waals surface area contributed by atoms with Crippen LogP contribution < -0.4 is 4.74 Å². The fourth-order valence-corrected chi connectivity index (χ4v) is 18.3. The van der Waals surface area contributed by atoms with E-state index in [0.717, 1.165) is 0 Å². The van der Waals surface area contributed by atoms with Crippen molar-refractivity contribution < 1.29 is 27.2 Å². The summed E-state index contributed by atoms with van der Waals surface area (Å²) in [5.41, 5.74) is 1.39. The molecule has 15 heteroatoms. The summed E-state index contributed by atoms with van der Waals surface area (Å²) in [7, 11) is -5.73. The number of benzene rings is 1. The zero-order valence-electron chi connectivity index (χ0n) is 27.5. The van der Waals surface area contributed by atoms with E-state index in [9.17, 15) is 0 Å². The standard InChI is InChI=1S/C31H43Cl3N4O6Si2/c1-10-14-39-27-26-23(15-40-45(17(2)3,18(4)5)44-46(43-26,19(6)7)20(8)9)41-30(27)38-16-35-24-28(38)36-31(34)37-29(24)42-25-21(32)12-11-13-22(25)33/h10-13,16-20,23,26-27,30H,1,14-15H2,2-9H3/t23-,26-,27-,30-/m1/s1. The van der Waals surface area contributed by atoms with Crippen molar-refractivity contribution in [2.45, 2.75) is 102 Å². The molecule has 10 nitrogen and oxygen atoms in total. The molecule has 5 rings (SSSR count). The van der Waals surface area contributed by atoms with Gasteiger partial charge < -0.3 is 27.2 Å². The number of ether oxygens (including phenoxy) is 3. The zero-order valence-corrected chi connectivity index (χ0v) is 31.8. The van der Waals surface area contributed by atoms with E-state index in [2.05, 4.69) is 76.9 Å². The summed E-state index contributed by atoms with van der Waals surface area (Å²) in [5.74, 6) is 0.330. The number of fused-ring (bicyclic) bond motifs is 2. The second kappa shape index (κ2) is 14.1. The van der Waals surface area contributed by atoms with Crippen LogP contribution in [0.1, 0.15) is 61.6 Å². The Morgan fingerprint density at radius 3 is 2.20 bits per heavy atom. The number of aromatic nitrogens is 4. The molecule has 2 aliphatic rings. The third kappa shape index (κ3) is 6.42. The lowest BCUT2D eigenvalue weighted by atomic mass is 10.1. The number of para-hydroxylation sites is 1. The van der Waals surface area contributed by atoms with Crippen molar-refractivity contribution in [1.82, 2.24) is 19.5 Å². The lowest BCUT2D eigenvalue weighted by Gasteiger charge is -2.51. The van der Waals surface area contributed by atoms with Crippen LogP contribution in [-0.2, 0) is 22.4 Å². The van der Waals surface area contributed by atoms with Gasteiger partial charge in [0.15, 0.2) is 23.1 Å². The fourth-order valence-electron chi connectivity index (χ4n) is 6.50. The van der Waals surface area contributed by atoms with Crippen LogP contribution in [0.5, 0.6) is 11.6 Å². The van der Waals surface area contributed by atoms with E-state index in [1.807, 2.05) is 0 Å². The summed E-state index contributed by atoms with van der Waals surface area (Å²) >= 11 is 19.2. The Hall–Kier alpha value is -1.59. The first-order chi connectivity index (χ1) is 21.8. The Bertz CT molecular complexity index is 1520. The van der Waals surface area contributed by atoms with E-state index < -0.39 is 41.7 Å². The Morgan fingerprint density at radius 1 is 0.978 bits per heavy atom. The van der Waals surface area contributed by atoms with Crippen LogP contribution in [-0.4, -0.2) is 68.2 Å². The Kier molecular flexibility index (Phi) is 10.9. The highest BCUT2D eigenvalue weighted by molar-refractivity contribution is 6.84. The van der Waals surface area contributed by atoms with Gasteiger partial charge in [0.1, 0.15) is 18.3 Å². The van der Waals surface area contributed by atoms with E-state index in [-0.39, 0.29) is 45.7 Å². The molecular formula is C31H43Cl3N4O6Si2. The minimum absolute atomic E-state index is 0.0522. The van der Waals surface area contributed by atoms with Crippen molar-refractivity contribution >= 4 is 63.1 Å². The van der Waals surface area contributed by atoms with Crippen LogP contribution in [0.4, 0.5) is 0 Å². The molecule has 2 aromatic heterocycles. The van der Waals surface area contributed by atoms with Gasteiger partial charge in [0.2, 0.25) is 5.28 Å². The largest absolute Gasteiger partial charge is 0.434 e. The molecule has 0 aliphatic carbocycles. The normalized spacial score (nSPS) is 24.5. The summed E-state index contributed by atoms with van der Waals surface area (Å²) in [6, 6.07) is 5.06. The molecule has 0 saturated carbocycles. The third-order valence-electron chi connectivity index (χ3n) is 8.78. The molecule has 2 saturated heterocycles. The summed E-state index contributed by atoms with van der Waals surface area (Å²) in [5, 5.41) is 0.573. The quantitative estimate of drug-likeness (QED) is 0.115. The molecule has 2 aliphatic heterocycles. The van der Waals surface area contributed by atoms with Gasteiger partial charge in [-0.15, -0.1) is 6.58 Å². The Morgan fingerprint density at radius 2 is 1.61 bits per heavy atom. The van der Waals surface area contributed by atoms with Crippen molar-refractivity contribution in [1.29, 1.82) is 0 Å². The van der Waals surface area contributed by atoms with Gasteiger partial charge in [0, 0.05) is 0 Å². The predicted molar refractivity (Wildman–Crippen MR) is 185 cm³/mol. The van der Waals surface area contributed by atoms with Crippen LogP contribution in [0.25, 0.3) is 11.2 Å². The van der Waals surface area contributed by atoms with Crippen molar-refractivity contribution in [3.05, 3.63) is 52.5 Å². The molecule has 0 N–H and O–H groups in total. The topological polar surface area (TPSA) is 99.0 Å². The minimum atomic E-state index is -2.95. The second-order valence-corrected chi connectivity index (χ2v) is 23.0. The van der Waals surface area contributed by atoms with Crippen LogP contribution in [0.15, 0.2) is 37.2 Å². The van der Waals surface area contributed by atoms with Gasteiger partial charge in [-0.2, -0.15) is 9.97 Å². The number of hydrogen-bond donors (Lipinski definition) is 0. The first kappa shape index (κ1) is 35.7. The molecule has 0 radical (unpaired) electrons. The second-order valence-electron chi connectivity index (χ2n) is 13.0. The minimum Gasteiger partial charge on any atom is -0.434 e. The number of hydrogen-bond acceptors (Lipinski definition) is 9. The maximum Gasteiger partial charge on any atom is 0.335 e. The summed E-state index contributed by atoms with van der Waals surface area (Å²) in [4.78, 5) is 13.4. The van der Waals surface area contributed by atoms with Gasteiger partial charge in [0.25, 0.3) is 5.88 Å². The van der Waals surface area contributed by atoms with E-state index >= 15 is 0 Å². The molecule has 46 heavy (non-hydrogen) atoms. The van der Waals surface area contributed by atoms with Crippen LogP contribution in [0.3, 0.4) is 0 Å². The summed E-state index contributed by atoms with van der Waals surface area (Å²) < 4.78 is 42.8. The van der Waals surface area contributed by atoms with Gasteiger partial charge in [-0.3, -0.25) is 4.57 Å². The van der Waals surface area contributed by atoms with Crippen LogP contribution in [0.2, 0.25) is 37.5 Å². The molecule has 4 atom stereocenters. The predicted octanol–water partition coefficient (Wildman–Crippen LogP) is 9.00. The average molecular weight is 730 g/mol. The average Bonchev–Trinajstić information content (AvgIpc) is 3.53. The number of halogens is 3. The monoisotopic (exact) mass is 728 g/mol. The third-order valence-corrected chi connectivity index (χ3v) is 19.8. The van der Waals surface area contributed by atoms with Gasteiger partial charge in [-0.25, -0.2) is 4.98 Å². The SMILES string of the molecule is C=CCO[C@@H]1[C@@H]2O[Si](C(C)C)(C(C)C)O[Si](C(C)C)(C(C)C)OC[C@H]2O[C@H]1n1cnc2c(Oc3c(Cl)cccc3Cl)nc(Cl)nc21. The first-order valence-corrected chi connectivity index (χ1v) is 20.7. The van der Waals surface area contributed by atoms with E-state index in [1.165, 1.54) is 0 Å². The smallest absolute Gasteiger partial charge is 0.335 e. The molecule has 0 amide bonds. The van der Waals surface area contributed by atoms with E-state index in [0.29, 0.717) is 27.8 Å². The highest BCUT2D eigenvalue weighted by Gasteiger charge is 2.62. The van der Waals surface area contributed by atoms with E-state index in [4.69, 9.17) is 62.0 Å². The zero-order chi connectivity index (χ0) is 33.6. The highest BCUT2D eigenvalue weighted by atomic mass is 35.5.